The molecule has 0 saturated heterocycles. The van der Waals surface area contributed by atoms with Gasteiger partial charge in [0.25, 0.3) is 0 Å². The molecule has 3 nitrogen and oxygen atoms in total. The zero-order valence-electron chi connectivity index (χ0n) is 10.7. The molecule has 4 heteroatoms. The molecule has 0 fully saturated rings. The number of imidazole rings is 1. The fourth-order valence-electron chi connectivity index (χ4n) is 2.66. The van der Waals surface area contributed by atoms with Crippen molar-refractivity contribution in [2.75, 3.05) is 0 Å². The van der Waals surface area contributed by atoms with Gasteiger partial charge in [-0.15, -0.1) is 0 Å². The van der Waals surface area contributed by atoms with Crippen LogP contribution in [-0.2, 0) is 19.3 Å². The number of aromatic nitrogens is 3. The van der Waals surface area contributed by atoms with Gasteiger partial charge in [0.2, 0.25) is 4.96 Å². The zero-order chi connectivity index (χ0) is 12.0. The van der Waals surface area contributed by atoms with Gasteiger partial charge in [0.15, 0.2) is 0 Å². The number of nitrogens with zero attached hydrogens (tertiary/aromatic N) is 3. The molecule has 0 spiro atoms. The first-order valence-electron chi connectivity index (χ1n) is 6.55. The molecule has 17 heavy (non-hydrogen) atoms. The first-order valence-corrected chi connectivity index (χ1v) is 7.37. The lowest BCUT2D eigenvalue weighted by Crippen LogP contribution is -2.20. The third-order valence-corrected chi connectivity index (χ3v) is 4.93. The Morgan fingerprint density at radius 3 is 3.00 bits per heavy atom. The van der Waals surface area contributed by atoms with Crippen molar-refractivity contribution < 1.29 is 0 Å². The van der Waals surface area contributed by atoms with Crippen LogP contribution in [0.15, 0.2) is 0 Å². The van der Waals surface area contributed by atoms with Gasteiger partial charge < -0.3 is 0 Å². The number of rotatable bonds is 2. The topological polar surface area (TPSA) is 30.2 Å². The van der Waals surface area contributed by atoms with E-state index >= 15 is 0 Å². The normalized spacial score (nSPS) is 20.1. The average molecular weight is 249 g/mol. The van der Waals surface area contributed by atoms with Crippen molar-refractivity contribution in [1.82, 2.24) is 14.6 Å². The Hall–Kier alpha value is -0.900. The van der Waals surface area contributed by atoms with Crippen LogP contribution in [-0.4, -0.2) is 14.6 Å². The van der Waals surface area contributed by atoms with Gasteiger partial charge in [0.05, 0.1) is 11.4 Å². The molecule has 0 N–H and O–H groups in total. The minimum absolute atomic E-state index is 0.762. The number of fused-ring (bicyclic) bond motifs is 3. The summed E-state index contributed by atoms with van der Waals surface area (Å²) >= 11 is 1.74. The maximum atomic E-state index is 4.73. The molecule has 2 heterocycles. The Morgan fingerprint density at radius 1 is 1.47 bits per heavy atom. The van der Waals surface area contributed by atoms with Gasteiger partial charge in [-0.3, -0.25) is 0 Å². The molecular formula is C13H19N3S. The summed E-state index contributed by atoms with van der Waals surface area (Å²) in [6, 6.07) is 0. The monoisotopic (exact) mass is 249 g/mol. The van der Waals surface area contributed by atoms with Crippen LogP contribution in [0, 0.1) is 11.8 Å². The largest absolute Gasteiger partial charge is 0.222 e. The second-order valence-electron chi connectivity index (χ2n) is 5.30. The molecule has 2 aromatic heterocycles. The van der Waals surface area contributed by atoms with E-state index < -0.39 is 0 Å². The van der Waals surface area contributed by atoms with E-state index in [9.17, 15) is 0 Å². The highest BCUT2D eigenvalue weighted by molar-refractivity contribution is 7.16. The van der Waals surface area contributed by atoms with E-state index in [0.29, 0.717) is 0 Å². The van der Waals surface area contributed by atoms with Gasteiger partial charge in [-0.25, -0.2) is 9.50 Å². The highest BCUT2D eigenvalue weighted by Gasteiger charge is 2.26. The molecule has 0 amide bonds. The molecule has 1 atom stereocenters. The van der Waals surface area contributed by atoms with Crippen molar-refractivity contribution in [3.05, 3.63) is 16.4 Å². The molecule has 0 radical (unpaired) electrons. The van der Waals surface area contributed by atoms with Crippen LogP contribution in [0.2, 0.25) is 0 Å². The molecule has 3 rings (SSSR count). The van der Waals surface area contributed by atoms with Gasteiger partial charge in [-0.1, -0.05) is 32.1 Å². The fourth-order valence-corrected chi connectivity index (χ4v) is 3.53. The lowest BCUT2D eigenvalue weighted by Gasteiger charge is -2.24. The van der Waals surface area contributed by atoms with Crippen LogP contribution in [0.1, 0.15) is 43.6 Å². The Labute approximate surface area is 106 Å². The van der Waals surface area contributed by atoms with Crippen LogP contribution >= 0.6 is 11.3 Å². The fraction of sp³-hybridized carbons (Fsp3) is 0.692. The van der Waals surface area contributed by atoms with Gasteiger partial charge in [0, 0.05) is 0 Å². The van der Waals surface area contributed by atoms with Crippen molar-refractivity contribution in [3.63, 3.8) is 0 Å². The molecule has 1 aliphatic rings. The summed E-state index contributed by atoms with van der Waals surface area (Å²) in [5.41, 5.74) is 2.67. The Bertz CT molecular complexity index is 538. The third kappa shape index (κ3) is 1.79. The van der Waals surface area contributed by atoms with Crippen LogP contribution in [0.25, 0.3) is 4.96 Å². The summed E-state index contributed by atoms with van der Waals surface area (Å²) < 4.78 is 2.10. The second-order valence-corrected chi connectivity index (χ2v) is 6.34. The van der Waals surface area contributed by atoms with Crippen LogP contribution < -0.4 is 0 Å². The third-order valence-electron chi connectivity index (χ3n) is 3.87. The quantitative estimate of drug-likeness (QED) is 0.818. The van der Waals surface area contributed by atoms with Crippen molar-refractivity contribution in [2.24, 2.45) is 11.8 Å². The molecule has 0 saturated carbocycles. The molecule has 0 bridgehead atoms. The Kier molecular flexibility index (Phi) is 2.69. The van der Waals surface area contributed by atoms with E-state index in [1.165, 1.54) is 22.8 Å². The van der Waals surface area contributed by atoms with E-state index in [-0.39, 0.29) is 0 Å². The first kappa shape index (κ1) is 11.2. The molecule has 1 unspecified atom stereocenters. The summed E-state index contributed by atoms with van der Waals surface area (Å²) in [5, 5.41) is 5.87. The van der Waals surface area contributed by atoms with E-state index in [1.807, 2.05) is 0 Å². The minimum Gasteiger partial charge on any atom is -0.222 e. The average Bonchev–Trinajstić information content (AvgIpc) is 2.84. The van der Waals surface area contributed by atoms with Gasteiger partial charge in [-0.2, -0.15) is 5.10 Å². The zero-order valence-corrected chi connectivity index (χ0v) is 11.5. The summed E-state index contributed by atoms with van der Waals surface area (Å²) in [6.45, 7) is 6.81. The summed E-state index contributed by atoms with van der Waals surface area (Å²) in [6.07, 6.45) is 4.59. The molecular weight excluding hydrogens is 230 g/mol. The first-order chi connectivity index (χ1) is 8.19. The van der Waals surface area contributed by atoms with Crippen molar-refractivity contribution in [2.45, 2.75) is 46.5 Å². The lowest BCUT2D eigenvalue weighted by molar-refractivity contribution is 0.336. The second kappa shape index (κ2) is 4.09. The molecule has 0 aliphatic heterocycles. The van der Waals surface area contributed by atoms with E-state index in [0.717, 1.165) is 36.1 Å². The number of hydrogen-bond acceptors (Lipinski definition) is 3. The standard InChI is InChI=1S/C13H19N3S/c1-4-12-15-16-11-7-9(8(2)3)5-6-10(11)14-13(16)17-12/h8-9H,4-7H2,1-3H3. The summed E-state index contributed by atoms with van der Waals surface area (Å²) in [5.74, 6) is 1.56. The summed E-state index contributed by atoms with van der Waals surface area (Å²) in [7, 11) is 0. The van der Waals surface area contributed by atoms with Crippen molar-refractivity contribution in [3.8, 4) is 0 Å². The number of hydrogen-bond donors (Lipinski definition) is 0. The van der Waals surface area contributed by atoms with Gasteiger partial charge in [-0.05, 0) is 37.5 Å². The van der Waals surface area contributed by atoms with E-state index in [4.69, 9.17) is 4.98 Å². The van der Waals surface area contributed by atoms with Gasteiger partial charge >= 0.3 is 0 Å². The molecule has 92 valence electrons. The highest BCUT2D eigenvalue weighted by Crippen LogP contribution is 2.31. The van der Waals surface area contributed by atoms with Crippen molar-refractivity contribution >= 4 is 16.3 Å². The highest BCUT2D eigenvalue weighted by atomic mass is 32.1. The lowest BCUT2D eigenvalue weighted by atomic mass is 9.82. The predicted molar refractivity (Wildman–Crippen MR) is 70.6 cm³/mol. The Balaban J connectivity index is 2.03. The minimum atomic E-state index is 0.762. The van der Waals surface area contributed by atoms with Crippen LogP contribution in [0.4, 0.5) is 0 Å². The van der Waals surface area contributed by atoms with Crippen molar-refractivity contribution in [1.29, 1.82) is 0 Å². The Morgan fingerprint density at radius 2 is 2.29 bits per heavy atom. The van der Waals surface area contributed by atoms with Gasteiger partial charge in [0.1, 0.15) is 5.01 Å². The number of aryl methyl sites for hydroxylation is 2. The summed E-state index contributed by atoms with van der Waals surface area (Å²) in [4.78, 5) is 5.83. The molecule has 1 aliphatic carbocycles. The maximum absolute atomic E-state index is 4.73. The molecule has 2 aromatic rings. The van der Waals surface area contributed by atoms with E-state index in [2.05, 4.69) is 30.4 Å². The predicted octanol–water partition coefficient (Wildman–Crippen LogP) is 3.11. The SMILES string of the molecule is CCc1nn2c3c(nc2s1)CCC(C(C)C)C3. The van der Waals surface area contributed by atoms with E-state index in [1.54, 1.807) is 11.3 Å². The smallest absolute Gasteiger partial charge is 0.212 e. The molecule has 0 aromatic carbocycles. The van der Waals surface area contributed by atoms with Crippen LogP contribution in [0.3, 0.4) is 0 Å². The maximum Gasteiger partial charge on any atom is 0.212 e. The van der Waals surface area contributed by atoms with Crippen LogP contribution in [0.5, 0.6) is 0 Å².